The van der Waals surface area contributed by atoms with E-state index >= 15 is 0 Å². The Labute approximate surface area is 108 Å². The maximum Gasteiger partial charge on any atom is 0.251 e. The molecule has 1 atom stereocenters. The molecule has 0 fully saturated rings. The summed E-state index contributed by atoms with van der Waals surface area (Å²) >= 11 is 4.18. The zero-order valence-electron chi connectivity index (χ0n) is 10.4. The molecule has 17 heavy (non-hydrogen) atoms. The van der Waals surface area contributed by atoms with E-state index < -0.39 is 0 Å². The number of nitrogens with one attached hydrogen (secondary N) is 1. The molecule has 0 aliphatic rings. The first kappa shape index (κ1) is 14.1. The predicted octanol–water partition coefficient (Wildman–Crippen LogP) is 2.38. The van der Waals surface area contributed by atoms with Crippen LogP contribution in [0.2, 0.25) is 0 Å². The van der Waals surface area contributed by atoms with Crippen LogP contribution in [0.25, 0.3) is 0 Å². The number of carbonyl (C=O) groups excluding carboxylic acids is 1. The Bertz CT molecular complexity index is 362. The predicted molar refractivity (Wildman–Crippen MR) is 71.7 cm³/mol. The maximum atomic E-state index is 12.0. The SMILES string of the molecule is COCC(NC(=O)c1ccc(S)cc1)C(C)C. The van der Waals surface area contributed by atoms with Gasteiger partial charge in [-0.3, -0.25) is 4.79 Å². The first-order chi connectivity index (χ1) is 8.04. The van der Waals surface area contributed by atoms with Crippen LogP contribution in [-0.4, -0.2) is 25.7 Å². The Hall–Kier alpha value is -1.00. The molecule has 0 saturated heterocycles. The lowest BCUT2D eigenvalue weighted by molar-refractivity contribution is 0.0866. The number of hydrogen-bond donors (Lipinski definition) is 2. The summed E-state index contributed by atoms with van der Waals surface area (Å²) < 4.78 is 5.09. The molecular weight excluding hydrogens is 234 g/mol. The highest BCUT2D eigenvalue weighted by Gasteiger charge is 2.16. The molecule has 1 unspecified atom stereocenters. The maximum absolute atomic E-state index is 12.0. The molecule has 1 rings (SSSR count). The fourth-order valence-electron chi connectivity index (χ4n) is 1.44. The van der Waals surface area contributed by atoms with Crippen molar-refractivity contribution in [2.75, 3.05) is 13.7 Å². The second-order valence-electron chi connectivity index (χ2n) is 4.33. The topological polar surface area (TPSA) is 38.3 Å². The first-order valence-corrected chi connectivity index (χ1v) is 6.08. The van der Waals surface area contributed by atoms with E-state index in [0.29, 0.717) is 18.1 Å². The molecule has 0 saturated carbocycles. The van der Waals surface area contributed by atoms with Crippen LogP contribution in [0.3, 0.4) is 0 Å². The summed E-state index contributed by atoms with van der Waals surface area (Å²) in [5, 5.41) is 2.96. The summed E-state index contributed by atoms with van der Waals surface area (Å²) in [6, 6.07) is 7.17. The number of hydrogen-bond acceptors (Lipinski definition) is 3. The zero-order chi connectivity index (χ0) is 12.8. The Morgan fingerprint density at radius 2 is 1.94 bits per heavy atom. The molecule has 0 radical (unpaired) electrons. The van der Waals surface area contributed by atoms with Crippen molar-refractivity contribution in [2.45, 2.75) is 24.8 Å². The van der Waals surface area contributed by atoms with Crippen LogP contribution in [0.5, 0.6) is 0 Å². The van der Waals surface area contributed by atoms with E-state index in [9.17, 15) is 4.79 Å². The van der Waals surface area contributed by atoms with Crippen molar-refractivity contribution in [3.8, 4) is 0 Å². The van der Waals surface area contributed by atoms with Gasteiger partial charge >= 0.3 is 0 Å². The third-order valence-corrected chi connectivity index (χ3v) is 2.90. The van der Waals surface area contributed by atoms with Gasteiger partial charge in [-0.25, -0.2) is 0 Å². The molecule has 1 aromatic rings. The summed E-state index contributed by atoms with van der Waals surface area (Å²) in [6.07, 6.45) is 0. The van der Waals surface area contributed by atoms with Gasteiger partial charge in [0.25, 0.3) is 5.91 Å². The monoisotopic (exact) mass is 253 g/mol. The molecule has 1 aromatic carbocycles. The third-order valence-electron chi connectivity index (χ3n) is 2.60. The quantitative estimate of drug-likeness (QED) is 0.791. The van der Waals surface area contributed by atoms with Gasteiger partial charge < -0.3 is 10.1 Å². The highest BCUT2D eigenvalue weighted by atomic mass is 32.1. The van der Waals surface area contributed by atoms with Crippen molar-refractivity contribution < 1.29 is 9.53 Å². The molecule has 1 N–H and O–H groups in total. The van der Waals surface area contributed by atoms with Gasteiger partial charge in [-0.1, -0.05) is 13.8 Å². The highest BCUT2D eigenvalue weighted by molar-refractivity contribution is 7.80. The van der Waals surface area contributed by atoms with Gasteiger partial charge in [0.05, 0.1) is 12.6 Å². The average Bonchev–Trinajstić information content (AvgIpc) is 2.29. The van der Waals surface area contributed by atoms with Crippen LogP contribution in [0.4, 0.5) is 0 Å². The van der Waals surface area contributed by atoms with Crippen molar-refractivity contribution in [3.05, 3.63) is 29.8 Å². The summed E-state index contributed by atoms with van der Waals surface area (Å²) in [7, 11) is 1.64. The van der Waals surface area contributed by atoms with E-state index in [1.165, 1.54) is 0 Å². The summed E-state index contributed by atoms with van der Waals surface area (Å²) in [5.74, 6) is 0.261. The summed E-state index contributed by atoms with van der Waals surface area (Å²) in [5.41, 5.74) is 0.643. The van der Waals surface area contributed by atoms with Gasteiger partial charge in [0.2, 0.25) is 0 Å². The van der Waals surface area contributed by atoms with E-state index in [-0.39, 0.29) is 11.9 Å². The van der Waals surface area contributed by atoms with Gasteiger partial charge in [-0.15, -0.1) is 12.6 Å². The number of benzene rings is 1. The number of methoxy groups -OCH3 is 1. The number of thiol groups is 1. The fraction of sp³-hybridized carbons (Fsp3) is 0.462. The Balaban J connectivity index is 2.66. The van der Waals surface area contributed by atoms with Crippen molar-refractivity contribution in [2.24, 2.45) is 5.92 Å². The number of rotatable bonds is 5. The molecule has 3 nitrogen and oxygen atoms in total. The van der Waals surface area contributed by atoms with E-state index in [4.69, 9.17) is 4.74 Å². The average molecular weight is 253 g/mol. The zero-order valence-corrected chi connectivity index (χ0v) is 11.3. The largest absolute Gasteiger partial charge is 0.383 e. The molecule has 0 spiro atoms. The van der Waals surface area contributed by atoms with Crippen molar-refractivity contribution in [3.63, 3.8) is 0 Å². The Morgan fingerprint density at radius 3 is 2.41 bits per heavy atom. The summed E-state index contributed by atoms with van der Waals surface area (Å²) in [4.78, 5) is 12.8. The van der Waals surface area contributed by atoms with Crippen LogP contribution < -0.4 is 5.32 Å². The minimum atomic E-state index is -0.0749. The molecule has 4 heteroatoms. The molecule has 0 heterocycles. The van der Waals surface area contributed by atoms with Gasteiger partial charge in [-0.2, -0.15) is 0 Å². The minimum Gasteiger partial charge on any atom is -0.383 e. The number of amides is 1. The van der Waals surface area contributed by atoms with Crippen LogP contribution >= 0.6 is 12.6 Å². The lowest BCUT2D eigenvalue weighted by atomic mass is 10.0. The molecule has 94 valence electrons. The molecule has 0 bridgehead atoms. The lowest BCUT2D eigenvalue weighted by Gasteiger charge is -2.21. The second-order valence-corrected chi connectivity index (χ2v) is 4.84. The highest BCUT2D eigenvalue weighted by Crippen LogP contribution is 2.09. The number of carbonyl (C=O) groups is 1. The van der Waals surface area contributed by atoms with E-state index in [1.54, 1.807) is 31.4 Å². The van der Waals surface area contributed by atoms with Crippen LogP contribution in [0.1, 0.15) is 24.2 Å². The fourth-order valence-corrected chi connectivity index (χ4v) is 1.59. The molecule has 1 amide bonds. The molecule has 0 aliphatic carbocycles. The van der Waals surface area contributed by atoms with Crippen LogP contribution in [-0.2, 0) is 4.74 Å². The van der Waals surface area contributed by atoms with Crippen molar-refractivity contribution >= 4 is 18.5 Å². The summed E-state index contributed by atoms with van der Waals surface area (Å²) in [6.45, 7) is 4.63. The Morgan fingerprint density at radius 1 is 1.35 bits per heavy atom. The normalized spacial score (nSPS) is 12.5. The second kappa shape index (κ2) is 6.67. The van der Waals surface area contributed by atoms with Gasteiger partial charge in [0.15, 0.2) is 0 Å². The van der Waals surface area contributed by atoms with Crippen molar-refractivity contribution in [1.29, 1.82) is 0 Å². The van der Waals surface area contributed by atoms with E-state index in [2.05, 4.69) is 31.8 Å². The molecular formula is C13H19NO2S. The van der Waals surface area contributed by atoms with Gasteiger partial charge in [0, 0.05) is 17.6 Å². The van der Waals surface area contributed by atoms with E-state index in [1.807, 2.05) is 0 Å². The Kier molecular flexibility index (Phi) is 5.51. The van der Waals surface area contributed by atoms with Crippen LogP contribution in [0.15, 0.2) is 29.2 Å². The van der Waals surface area contributed by atoms with E-state index in [0.717, 1.165) is 4.90 Å². The van der Waals surface area contributed by atoms with Gasteiger partial charge in [0.1, 0.15) is 0 Å². The number of ether oxygens (including phenoxy) is 1. The standard InChI is InChI=1S/C13H19NO2S/c1-9(2)12(8-16-3)14-13(15)10-4-6-11(17)7-5-10/h4-7,9,12,17H,8H2,1-3H3,(H,14,15). The first-order valence-electron chi connectivity index (χ1n) is 5.63. The smallest absolute Gasteiger partial charge is 0.251 e. The van der Waals surface area contributed by atoms with Crippen LogP contribution in [0, 0.1) is 5.92 Å². The van der Waals surface area contributed by atoms with Crippen molar-refractivity contribution in [1.82, 2.24) is 5.32 Å². The third kappa shape index (κ3) is 4.40. The minimum absolute atomic E-state index is 0.0307. The van der Waals surface area contributed by atoms with Gasteiger partial charge in [-0.05, 0) is 30.2 Å². The molecule has 0 aliphatic heterocycles. The molecule has 0 aromatic heterocycles. The lowest BCUT2D eigenvalue weighted by Crippen LogP contribution is -2.41.